The maximum atomic E-state index is 13.0. The quantitative estimate of drug-likeness (QED) is 0.428. The number of amides is 1. The molecule has 1 aliphatic rings. The van der Waals surface area contributed by atoms with Gasteiger partial charge in [-0.25, -0.2) is 4.98 Å². The van der Waals surface area contributed by atoms with Crippen molar-refractivity contribution in [2.45, 2.75) is 31.8 Å². The van der Waals surface area contributed by atoms with Crippen LogP contribution in [0.2, 0.25) is 0 Å². The monoisotopic (exact) mass is 425 g/mol. The lowest BCUT2D eigenvalue weighted by molar-refractivity contribution is -0.129. The Kier molecular flexibility index (Phi) is 5.39. The van der Waals surface area contributed by atoms with Gasteiger partial charge < -0.3 is 14.2 Å². The largest absolute Gasteiger partial charge is 0.496 e. The number of methoxy groups -OCH3 is 1. The van der Waals surface area contributed by atoms with Crippen LogP contribution in [0.5, 0.6) is 5.75 Å². The van der Waals surface area contributed by atoms with Crippen molar-refractivity contribution >= 4 is 16.9 Å². The molecule has 0 bridgehead atoms. The molecule has 0 saturated carbocycles. The van der Waals surface area contributed by atoms with Gasteiger partial charge in [0.25, 0.3) is 0 Å². The molecule has 1 amide bonds. The Morgan fingerprint density at radius 3 is 2.53 bits per heavy atom. The summed E-state index contributed by atoms with van der Waals surface area (Å²) < 4.78 is 7.84. The predicted octanol–water partition coefficient (Wildman–Crippen LogP) is 5.17. The number of likely N-dealkylation sites (tertiary alicyclic amines) is 1. The molecule has 5 heteroatoms. The highest BCUT2D eigenvalue weighted by Crippen LogP contribution is 2.35. The van der Waals surface area contributed by atoms with Crippen molar-refractivity contribution in [2.75, 3.05) is 13.7 Å². The van der Waals surface area contributed by atoms with E-state index in [0.717, 1.165) is 33.7 Å². The second-order valence-electron chi connectivity index (χ2n) is 8.39. The topological polar surface area (TPSA) is 47.4 Å². The van der Waals surface area contributed by atoms with Crippen LogP contribution < -0.4 is 4.74 Å². The summed E-state index contributed by atoms with van der Waals surface area (Å²) in [4.78, 5) is 20.0. The highest BCUT2D eigenvalue weighted by molar-refractivity contribution is 5.81. The number of ether oxygens (including phenoxy) is 1. The summed E-state index contributed by atoms with van der Waals surface area (Å²) >= 11 is 0. The number of para-hydroxylation sites is 3. The summed E-state index contributed by atoms with van der Waals surface area (Å²) in [5.41, 5.74) is 4.29. The van der Waals surface area contributed by atoms with E-state index in [1.165, 1.54) is 0 Å². The fraction of sp³-hybridized carbons (Fsp3) is 0.259. The highest BCUT2D eigenvalue weighted by Gasteiger charge is 2.36. The average Bonchev–Trinajstić information content (AvgIpc) is 3.40. The minimum Gasteiger partial charge on any atom is -0.496 e. The van der Waals surface area contributed by atoms with Gasteiger partial charge in [-0.15, -0.1) is 0 Å². The zero-order chi connectivity index (χ0) is 22.1. The van der Waals surface area contributed by atoms with Crippen LogP contribution in [0.15, 0.2) is 78.9 Å². The van der Waals surface area contributed by atoms with Gasteiger partial charge >= 0.3 is 0 Å². The van der Waals surface area contributed by atoms with E-state index in [4.69, 9.17) is 9.72 Å². The zero-order valence-electron chi connectivity index (χ0n) is 18.4. The van der Waals surface area contributed by atoms with Gasteiger partial charge in [-0.05, 0) is 30.7 Å². The summed E-state index contributed by atoms with van der Waals surface area (Å²) in [7, 11) is 1.70. The number of carbonyl (C=O) groups is 1. The van der Waals surface area contributed by atoms with Crippen molar-refractivity contribution in [3.63, 3.8) is 0 Å². The molecule has 0 radical (unpaired) electrons. The number of hydrogen-bond acceptors (Lipinski definition) is 3. The number of fused-ring (bicyclic) bond motifs is 1. The number of benzene rings is 3. The maximum absolute atomic E-state index is 13.0. The van der Waals surface area contributed by atoms with Gasteiger partial charge in [0, 0.05) is 24.4 Å². The molecule has 162 valence electrons. The minimum atomic E-state index is 0.0424. The lowest BCUT2D eigenvalue weighted by Crippen LogP contribution is -2.28. The highest BCUT2D eigenvalue weighted by atomic mass is 16.5. The molecule has 0 spiro atoms. The van der Waals surface area contributed by atoms with Crippen molar-refractivity contribution in [1.29, 1.82) is 0 Å². The normalized spacial score (nSPS) is 17.1. The molecule has 2 heterocycles. The van der Waals surface area contributed by atoms with E-state index >= 15 is 0 Å². The molecule has 2 unspecified atom stereocenters. The standard InChI is InChI=1S/C27H27N3O2/c1-19(20-10-4-3-5-11-20)29-18-22(16-26(29)31)27-28-23-13-7-8-14-24(23)30(27)17-21-12-6-9-15-25(21)32-2/h3-15,19,22H,16-18H2,1-2H3. The van der Waals surface area contributed by atoms with Gasteiger partial charge in [0.2, 0.25) is 5.91 Å². The van der Waals surface area contributed by atoms with Gasteiger partial charge in [0.1, 0.15) is 11.6 Å². The molecule has 1 aliphatic heterocycles. The van der Waals surface area contributed by atoms with Gasteiger partial charge in [-0.2, -0.15) is 0 Å². The number of nitrogens with zero attached hydrogens (tertiary/aromatic N) is 3. The Hall–Kier alpha value is -3.60. The first-order valence-corrected chi connectivity index (χ1v) is 11.1. The molecule has 3 aromatic carbocycles. The number of rotatable bonds is 6. The fourth-order valence-corrected chi connectivity index (χ4v) is 4.77. The van der Waals surface area contributed by atoms with E-state index < -0.39 is 0 Å². The van der Waals surface area contributed by atoms with Crippen molar-refractivity contribution in [2.24, 2.45) is 0 Å². The molecular weight excluding hydrogens is 398 g/mol. The molecule has 0 N–H and O–H groups in total. The van der Waals surface area contributed by atoms with Gasteiger partial charge in [-0.3, -0.25) is 4.79 Å². The zero-order valence-corrected chi connectivity index (χ0v) is 18.4. The van der Waals surface area contributed by atoms with Gasteiger partial charge in [0.15, 0.2) is 0 Å². The molecule has 1 aromatic heterocycles. The maximum Gasteiger partial charge on any atom is 0.223 e. The first-order valence-electron chi connectivity index (χ1n) is 11.1. The molecule has 0 aliphatic carbocycles. The van der Waals surface area contributed by atoms with Crippen LogP contribution in [0.1, 0.15) is 42.3 Å². The number of carbonyl (C=O) groups excluding carboxylic acids is 1. The molecule has 2 atom stereocenters. The van der Waals surface area contributed by atoms with Crippen LogP contribution in [0.25, 0.3) is 11.0 Å². The van der Waals surface area contributed by atoms with Crippen molar-refractivity contribution < 1.29 is 9.53 Å². The number of aromatic nitrogens is 2. The van der Waals surface area contributed by atoms with E-state index in [1.807, 2.05) is 59.5 Å². The summed E-state index contributed by atoms with van der Waals surface area (Å²) in [6.07, 6.45) is 0.479. The lowest BCUT2D eigenvalue weighted by atomic mass is 10.1. The number of imidazole rings is 1. The molecule has 32 heavy (non-hydrogen) atoms. The summed E-state index contributed by atoms with van der Waals surface area (Å²) in [6.45, 7) is 3.43. The van der Waals surface area contributed by atoms with Crippen molar-refractivity contribution in [1.82, 2.24) is 14.5 Å². The van der Waals surface area contributed by atoms with E-state index in [9.17, 15) is 4.79 Å². The number of hydrogen-bond donors (Lipinski definition) is 0. The Bertz CT molecular complexity index is 1250. The van der Waals surface area contributed by atoms with Crippen LogP contribution >= 0.6 is 0 Å². The third kappa shape index (κ3) is 3.64. The van der Waals surface area contributed by atoms with E-state index in [2.05, 4.69) is 35.8 Å². The van der Waals surface area contributed by atoms with E-state index in [1.54, 1.807) is 7.11 Å². The van der Waals surface area contributed by atoms with Gasteiger partial charge in [-0.1, -0.05) is 60.7 Å². The second kappa shape index (κ2) is 8.50. The smallest absolute Gasteiger partial charge is 0.223 e. The van der Waals surface area contributed by atoms with Crippen molar-refractivity contribution in [3.8, 4) is 5.75 Å². The Labute approximate surface area is 188 Å². The molecule has 5 nitrogen and oxygen atoms in total. The molecular formula is C27H27N3O2. The van der Waals surface area contributed by atoms with Crippen LogP contribution in [0, 0.1) is 0 Å². The average molecular weight is 426 g/mol. The molecule has 1 fully saturated rings. The molecule has 4 aromatic rings. The first-order chi connectivity index (χ1) is 15.7. The van der Waals surface area contributed by atoms with Crippen LogP contribution in [-0.4, -0.2) is 34.0 Å². The Morgan fingerprint density at radius 1 is 1.00 bits per heavy atom. The Balaban J connectivity index is 1.50. The predicted molar refractivity (Wildman–Crippen MR) is 126 cm³/mol. The van der Waals surface area contributed by atoms with Crippen LogP contribution in [0.3, 0.4) is 0 Å². The minimum absolute atomic E-state index is 0.0424. The molecule has 1 saturated heterocycles. The molecule has 5 rings (SSSR count). The first kappa shape index (κ1) is 20.3. The summed E-state index contributed by atoms with van der Waals surface area (Å²) in [5.74, 6) is 2.06. The fourth-order valence-electron chi connectivity index (χ4n) is 4.77. The van der Waals surface area contributed by atoms with Crippen LogP contribution in [0.4, 0.5) is 0 Å². The third-order valence-corrected chi connectivity index (χ3v) is 6.48. The Morgan fingerprint density at radius 2 is 1.72 bits per heavy atom. The third-order valence-electron chi connectivity index (χ3n) is 6.48. The van der Waals surface area contributed by atoms with Crippen LogP contribution in [-0.2, 0) is 11.3 Å². The van der Waals surface area contributed by atoms with E-state index in [0.29, 0.717) is 19.5 Å². The van der Waals surface area contributed by atoms with Gasteiger partial charge in [0.05, 0.1) is 30.7 Å². The SMILES string of the molecule is COc1ccccc1Cn1c(C2CC(=O)N(C(C)c3ccccc3)C2)nc2ccccc21. The lowest BCUT2D eigenvalue weighted by Gasteiger charge is -2.25. The van der Waals surface area contributed by atoms with E-state index in [-0.39, 0.29) is 17.9 Å². The second-order valence-corrected chi connectivity index (χ2v) is 8.39. The summed E-state index contributed by atoms with van der Waals surface area (Å²) in [6, 6.07) is 26.5. The summed E-state index contributed by atoms with van der Waals surface area (Å²) in [5, 5.41) is 0. The van der Waals surface area contributed by atoms with Crippen molar-refractivity contribution in [3.05, 3.63) is 95.8 Å².